The Labute approximate surface area is 92.6 Å². The smallest absolute Gasteiger partial charge is 0.312 e. The fourth-order valence-corrected chi connectivity index (χ4v) is 1.33. The number of hydrogen-bond donors (Lipinski definition) is 2. The van der Waals surface area contributed by atoms with Crippen molar-refractivity contribution in [2.75, 3.05) is 6.54 Å². The average Bonchev–Trinajstić information content (AvgIpc) is 2.19. The Hall–Kier alpha value is -1.65. The van der Waals surface area contributed by atoms with Gasteiger partial charge in [0, 0.05) is 12.0 Å². The molecule has 0 saturated carbocycles. The molecule has 0 spiro atoms. The van der Waals surface area contributed by atoms with Gasteiger partial charge in [-0.2, -0.15) is 0 Å². The minimum Gasteiger partial charge on any atom is -0.352 e. The van der Waals surface area contributed by atoms with Gasteiger partial charge in [0.05, 0.1) is 0 Å². The molecule has 3 nitrogen and oxygen atoms in total. The van der Waals surface area contributed by atoms with E-state index in [2.05, 4.69) is 5.32 Å². The summed E-state index contributed by atoms with van der Waals surface area (Å²) in [4.78, 5) is 10.6. The molecule has 1 aromatic rings. The lowest BCUT2D eigenvalue weighted by atomic mass is 9.84. The SMILES string of the molecule is CC(C)(CNC(N)=O)c1ccc(F)c(F)c1. The molecule has 2 amide bonds. The Morgan fingerprint density at radius 1 is 1.38 bits per heavy atom. The molecule has 0 fully saturated rings. The number of benzene rings is 1. The third-order valence-electron chi connectivity index (χ3n) is 2.41. The van der Waals surface area contributed by atoms with Crippen LogP contribution in [-0.4, -0.2) is 12.6 Å². The Balaban J connectivity index is 2.88. The Kier molecular flexibility index (Phi) is 3.47. The highest BCUT2D eigenvalue weighted by molar-refractivity contribution is 5.71. The molecule has 0 atom stereocenters. The molecule has 1 aromatic carbocycles. The number of nitrogens with one attached hydrogen (secondary N) is 1. The molecular weight excluding hydrogens is 214 g/mol. The number of carbonyl (C=O) groups is 1. The first kappa shape index (κ1) is 12.4. The van der Waals surface area contributed by atoms with Gasteiger partial charge in [-0.1, -0.05) is 19.9 Å². The van der Waals surface area contributed by atoms with Crippen LogP contribution < -0.4 is 11.1 Å². The number of halogens is 2. The van der Waals surface area contributed by atoms with Gasteiger partial charge < -0.3 is 11.1 Å². The van der Waals surface area contributed by atoms with Crippen LogP contribution in [0.1, 0.15) is 19.4 Å². The molecule has 0 aliphatic carbocycles. The molecule has 0 bridgehead atoms. The summed E-state index contributed by atoms with van der Waals surface area (Å²) >= 11 is 0. The van der Waals surface area contributed by atoms with Gasteiger partial charge in [0.2, 0.25) is 0 Å². The number of urea groups is 1. The predicted molar refractivity (Wildman–Crippen MR) is 57.0 cm³/mol. The molecule has 0 aromatic heterocycles. The normalized spacial score (nSPS) is 11.2. The lowest BCUT2D eigenvalue weighted by Crippen LogP contribution is -2.39. The van der Waals surface area contributed by atoms with Crippen LogP contribution in [0.5, 0.6) is 0 Å². The summed E-state index contributed by atoms with van der Waals surface area (Å²) in [6, 6.07) is 3.03. The first-order valence-corrected chi connectivity index (χ1v) is 4.82. The molecule has 16 heavy (non-hydrogen) atoms. The van der Waals surface area contributed by atoms with Crippen molar-refractivity contribution >= 4 is 6.03 Å². The van der Waals surface area contributed by atoms with E-state index < -0.39 is 23.1 Å². The van der Waals surface area contributed by atoms with Crippen LogP contribution in [0, 0.1) is 11.6 Å². The highest BCUT2D eigenvalue weighted by atomic mass is 19.2. The molecule has 0 aliphatic rings. The minimum atomic E-state index is -0.898. The van der Waals surface area contributed by atoms with Gasteiger partial charge in [0.25, 0.3) is 0 Å². The van der Waals surface area contributed by atoms with Gasteiger partial charge in [0.15, 0.2) is 11.6 Å². The summed E-state index contributed by atoms with van der Waals surface area (Å²) in [6.45, 7) is 3.86. The van der Waals surface area contributed by atoms with E-state index in [1.54, 1.807) is 13.8 Å². The van der Waals surface area contributed by atoms with Gasteiger partial charge in [-0.3, -0.25) is 0 Å². The Morgan fingerprint density at radius 3 is 2.50 bits per heavy atom. The summed E-state index contributed by atoms with van der Waals surface area (Å²) < 4.78 is 25.8. The third kappa shape index (κ3) is 2.92. The second kappa shape index (κ2) is 4.47. The first-order chi connectivity index (χ1) is 7.33. The maximum atomic E-state index is 13.0. The van der Waals surface area contributed by atoms with Crippen LogP contribution in [0.25, 0.3) is 0 Å². The van der Waals surface area contributed by atoms with Crippen molar-refractivity contribution in [3.63, 3.8) is 0 Å². The van der Waals surface area contributed by atoms with Crippen LogP contribution in [0.2, 0.25) is 0 Å². The molecule has 0 aliphatic heterocycles. The summed E-state index contributed by atoms with van der Waals surface area (Å²) in [5.74, 6) is -1.79. The lowest BCUT2D eigenvalue weighted by molar-refractivity contribution is 0.246. The number of rotatable bonds is 3. The number of hydrogen-bond acceptors (Lipinski definition) is 1. The maximum absolute atomic E-state index is 13.0. The zero-order chi connectivity index (χ0) is 12.3. The summed E-state index contributed by atoms with van der Waals surface area (Å²) in [5.41, 5.74) is 5.03. The Bertz CT molecular complexity index is 405. The van der Waals surface area contributed by atoms with Crippen LogP contribution >= 0.6 is 0 Å². The molecule has 3 N–H and O–H groups in total. The van der Waals surface area contributed by atoms with Crippen molar-refractivity contribution < 1.29 is 13.6 Å². The van der Waals surface area contributed by atoms with Gasteiger partial charge in [-0.15, -0.1) is 0 Å². The van der Waals surface area contributed by atoms with Crippen LogP contribution in [0.3, 0.4) is 0 Å². The molecule has 0 radical (unpaired) electrons. The van der Waals surface area contributed by atoms with E-state index in [4.69, 9.17) is 5.73 Å². The lowest BCUT2D eigenvalue weighted by Gasteiger charge is -2.25. The van der Waals surface area contributed by atoms with Gasteiger partial charge in [-0.25, -0.2) is 13.6 Å². The Morgan fingerprint density at radius 2 is 2.00 bits per heavy atom. The van der Waals surface area contributed by atoms with Crippen LogP contribution in [0.4, 0.5) is 13.6 Å². The zero-order valence-electron chi connectivity index (χ0n) is 9.18. The average molecular weight is 228 g/mol. The van der Waals surface area contributed by atoms with Crippen LogP contribution in [-0.2, 0) is 5.41 Å². The summed E-state index contributed by atoms with van der Waals surface area (Å²) in [7, 11) is 0. The highest BCUT2D eigenvalue weighted by Crippen LogP contribution is 2.23. The van der Waals surface area contributed by atoms with E-state index in [1.165, 1.54) is 6.07 Å². The molecule has 88 valence electrons. The van der Waals surface area contributed by atoms with Gasteiger partial charge >= 0.3 is 6.03 Å². The van der Waals surface area contributed by atoms with E-state index in [9.17, 15) is 13.6 Å². The van der Waals surface area contributed by atoms with E-state index in [1.807, 2.05) is 0 Å². The van der Waals surface area contributed by atoms with E-state index in [0.29, 0.717) is 5.56 Å². The minimum absolute atomic E-state index is 0.257. The molecule has 0 unspecified atom stereocenters. The van der Waals surface area contributed by atoms with E-state index in [-0.39, 0.29) is 6.54 Å². The fourth-order valence-electron chi connectivity index (χ4n) is 1.33. The number of primary amides is 1. The zero-order valence-corrected chi connectivity index (χ0v) is 9.18. The fraction of sp³-hybridized carbons (Fsp3) is 0.364. The maximum Gasteiger partial charge on any atom is 0.312 e. The molecule has 1 rings (SSSR count). The van der Waals surface area contributed by atoms with E-state index >= 15 is 0 Å². The summed E-state index contributed by atoms with van der Waals surface area (Å²) in [5, 5.41) is 2.44. The second-order valence-corrected chi connectivity index (χ2v) is 4.23. The van der Waals surface area contributed by atoms with E-state index in [0.717, 1.165) is 12.1 Å². The third-order valence-corrected chi connectivity index (χ3v) is 2.41. The van der Waals surface area contributed by atoms with Crippen molar-refractivity contribution in [2.24, 2.45) is 5.73 Å². The monoisotopic (exact) mass is 228 g/mol. The second-order valence-electron chi connectivity index (χ2n) is 4.23. The number of amides is 2. The molecule has 0 heterocycles. The van der Waals surface area contributed by atoms with Gasteiger partial charge in [0.1, 0.15) is 0 Å². The molecular formula is C11H14F2N2O. The van der Waals surface area contributed by atoms with Gasteiger partial charge in [-0.05, 0) is 17.7 Å². The number of nitrogens with two attached hydrogens (primary N) is 1. The largest absolute Gasteiger partial charge is 0.352 e. The highest BCUT2D eigenvalue weighted by Gasteiger charge is 2.22. The van der Waals surface area contributed by atoms with Crippen molar-refractivity contribution in [3.8, 4) is 0 Å². The van der Waals surface area contributed by atoms with Crippen LogP contribution in [0.15, 0.2) is 18.2 Å². The van der Waals surface area contributed by atoms with Crippen molar-refractivity contribution in [1.82, 2.24) is 5.32 Å². The number of carbonyl (C=O) groups excluding carboxylic acids is 1. The van der Waals surface area contributed by atoms with Crippen molar-refractivity contribution in [2.45, 2.75) is 19.3 Å². The summed E-state index contributed by atoms with van der Waals surface area (Å²) in [6.07, 6.45) is 0. The molecule has 5 heteroatoms. The standard InChI is InChI=1S/C11H14F2N2O/c1-11(2,6-15-10(14)16)7-3-4-8(12)9(13)5-7/h3-5H,6H2,1-2H3,(H3,14,15,16). The van der Waals surface area contributed by atoms with Crippen molar-refractivity contribution in [3.05, 3.63) is 35.4 Å². The first-order valence-electron chi connectivity index (χ1n) is 4.82. The molecule has 0 saturated heterocycles. The quantitative estimate of drug-likeness (QED) is 0.815. The van der Waals surface area contributed by atoms with Crippen molar-refractivity contribution in [1.29, 1.82) is 0 Å². The topological polar surface area (TPSA) is 55.1 Å². The predicted octanol–water partition coefficient (Wildman–Crippen LogP) is 1.91.